The Labute approximate surface area is 106 Å². The van der Waals surface area contributed by atoms with Crippen molar-refractivity contribution in [1.82, 2.24) is 10.3 Å². The summed E-state index contributed by atoms with van der Waals surface area (Å²) >= 11 is 1.83. The van der Waals surface area contributed by atoms with Gasteiger partial charge in [0.25, 0.3) is 0 Å². The molecular formula is C14H18N2S. The summed E-state index contributed by atoms with van der Waals surface area (Å²) in [5.74, 6) is 0.528. The molecule has 1 unspecified atom stereocenters. The molecule has 1 aliphatic heterocycles. The molecule has 0 radical (unpaired) electrons. The number of nitrogens with zero attached hydrogens (tertiary/aromatic N) is 1. The van der Waals surface area contributed by atoms with E-state index in [4.69, 9.17) is 4.98 Å². The van der Waals surface area contributed by atoms with Crippen LogP contribution in [0.4, 0.5) is 0 Å². The number of hydrogen-bond acceptors (Lipinski definition) is 3. The Hall–Kier alpha value is -0.930. The minimum atomic E-state index is 0.528. The van der Waals surface area contributed by atoms with E-state index in [2.05, 4.69) is 37.4 Å². The number of aromatic nitrogens is 1. The standard InChI is InChI=1S/C14H18N2S/c1-9(2)14-16-12-8-10(5-6-13(12)17-14)11-4-3-7-15-11/h5-6,8-9,11,15H,3-4,7H2,1-2H3. The van der Waals surface area contributed by atoms with Gasteiger partial charge in [-0.1, -0.05) is 19.9 Å². The maximum atomic E-state index is 4.74. The molecule has 1 aromatic carbocycles. The van der Waals surface area contributed by atoms with Gasteiger partial charge in [0.15, 0.2) is 0 Å². The van der Waals surface area contributed by atoms with E-state index in [0.29, 0.717) is 12.0 Å². The smallest absolute Gasteiger partial charge is 0.0963 e. The van der Waals surface area contributed by atoms with Crippen LogP contribution in [0, 0.1) is 0 Å². The van der Waals surface area contributed by atoms with Crippen LogP contribution in [0.15, 0.2) is 18.2 Å². The normalized spacial score (nSPS) is 20.5. The summed E-state index contributed by atoms with van der Waals surface area (Å²) in [6, 6.07) is 7.30. The third-order valence-corrected chi connectivity index (χ3v) is 4.72. The molecule has 3 heteroatoms. The van der Waals surface area contributed by atoms with E-state index in [1.165, 1.54) is 33.6 Å². The monoisotopic (exact) mass is 246 g/mol. The van der Waals surface area contributed by atoms with Crippen molar-refractivity contribution in [2.75, 3.05) is 6.54 Å². The molecule has 2 heterocycles. The number of thiazole rings is 1. The van der Waals surface area contributed by atoms with Gasteiger partial charge in [0, 0.05) is 12.0 Å². The van der Waals surface area contributed by atoms with Crippen LogP contribution in [-0.2, 0) is 0 Å². The van der Waals surface area contributed by atoms with Gasteiger partial charge < -0.3 is 5.32 Å². The first-order valence-corrected chi connectivity index (χ1v) is 7.19. The maximum absolute atomic E-state index is 4.74. The van der Waals surface area contributed by atoms with Gasteiger partial charge in [0.2, 0.25) is 0 Å². The number of rotatable bonds is 2. The second-order valence-electron chi connectivity index (χ2n) is 5.08. The van der Waals surface area contributed by atoms with E-state index < -0.39 is 0 Å². The molecule has 3 rings (SSSR count). The first-order chi connectivity index (χ1) is 8.24. The average molecular weight is 246 g/mol. The van der Waals surface area contributed by atoms with Crippen LogP contribution in [0.1, 0.15) is 49.2 Å². The Bertz CT molecular complexity index is 524. The second kappa shape index (κ2) is 4.39. The molecule has 0 bridgehead atoms. The van der Waals surface area contributed by atoms with Gasteiger partial charge in [-0.3, -0.25) is 0 Å². The summed E-state index contributed by atoms with van der Waals surface area (Å²) < 4.78 is 1.32. The molecule has 0 spiro atoms. The molecule has 1 aliphatic rings. The number of benzene rings is 1. The molecule has 17 heavy (non-hydrogen) atoms. The van der Waals surface area contributed by atoms with Crippen molar-refractivity contribution in [2.45, 2.75) is 38.6 Å². The van der Waals surface area contributed by atoms with Crippen molar-refractivity contribution in [3.8, 4) is 0 Å². The molecule has 2 nitrogen and oxygen atoms in total. The summed E-state index contributed by atoms with van der Waals surface area (Å²) in [5, 5.41) is 4.79. The zero-order valence-corrected chi connectivity index (χ0v) is 11.2. The maximum Gasteiger partial charge on any atom is 0.0963 e. The molecule has 2 aromatic rings. The van der Waals surface area contributed by atoms with Crippen LogP contribution in [0.25, 0.3) is 10.2 Å². The Morgan fingerprint density at radius 3 is 3.00 bits per heavy atom. The third-order valence-electron chi connectivity index (χ3n) is 3.38. The minimum absolute atomic E-state index is 0.528. The van der Waals surface area contributed by atoms with E-state index in [9.17, 15) is 0 Å². The van der Waals surface area contributed by atoms with Crippen molar-refractivity contribution in [3.63, 3.8) is 0 Å². The van der Waals surface area contributed by atoms with Gasteiger partial charge in [-0.25, -0.2) is 4.98 Å². The quantitative estimate of drug-likeness (QED) is 0.870. The zero-order valence-electron chi connectivity index (χ0n) is 10.4. The number of nitrogens with one attached hydrogen (secondary N) is 1. The van der Waals surface area contributed by atoms with E-state index >= 15 is 0 Å². The Morgan fingerprint density at radius 1 is 1.41 bits per heavy atom. The highest BCUT2D eigenvalue weighted by atomic mass is 32.1. The zero-order chi connectivity index (χ0) is 11.8. The molecule has 1 fully saturated rings. The first-order valence-electron chi connectivity index (χ1n) is 6.38. The summed E-state index contributed by atoms with van der Waals surface area (Å²) in [7, 11) is 0. The largest absolute Gasteiger partial charge is 0.310 e. The molecule has 1 atom stereocenters. The number of hydrogen-bond donors (Lipinski definition) is 1. The summed E-state index contributed by atoms with van der Waals surface area (Å²) in [5.41, 5.74) is 2.57. The lowest BCUT2D eigenvalue weighted by Gasteiger charge is -2.09. The van der Waals surface area contributed by atoms with E-state index in [1.807, 2.05) is 11.3 Å². The van der Waals surface area contributed by atoms with Crippen molar-refractivity contribution >= 4 is 21.6 Å². The lowest BCUT2D eigenvalue weighted by Crippen LogP contribution is -2.12. The van der Waals surface area contributed by atoms with Crippen LogP contribution >= 0.6 is 11.3 Å². The fourth-order valence-corrected chi connectivity index (χ4v) is 3.35. The van der Waals surface area contributed by atoms with Crippen LogP contribution in [0.2, 0.25) is 0 Å². The van der Waals surface area contributed by atoms with E-state index in [-0.39, 0.29) is 0 Å². The van der Waals surface area contributed by atoms with Crippen LogP contribution in [0.3, 0.4) is 0 Å². The molecule has 1 N–H and O–H groups in total. The molecular weight excluding hydrogens is 228 g/mol. The van der Waals surface area contributed by atoms with Crippen LogP contribution in [-0.4, -0.2) is 11.5 Å². The minimum Gasteiger partial charge on any atom is -0.310 e. The molecule has 90 valence electrons. The van der Waals surface area contributed by atoms with Crippen molar-refractivity contribution in [2.24, 2.45) is 0 Å². The Balaban J connectivity index is 2.00. The van der Waals surface area contributed by atoms with Gasteiger partial charge in [-0.05, 0) is 37.1 Å². The SMILES string of the molecule is CC(C)c1nc2cc(C3CCCN3)ccc2s1. The van der Waals surface area contributed by atoms with Gasteiger partial charge in [-0.2, -0.15) is 0 Å². The Kier molecular flexibility index (Phi) is 2.89. The Morgan fingerprint density at radius 2 is 2.29 bits per heavy atom. The highest BCUT2D eigenvalue weighted by Crippen LogP contribution is 2.31. The van der Waals surface area contributed by atoms with E-state index in [0.717, 1.165) is 6.54 Å². The highest BCUT2D eigenvalue weighted by Gasteiger charge is 2.17. The first kappa shape index (κ1) is 11.2. The number of fused-ring (bicyclic) bond motifs is 1. The topological polar surface area (TPSA) is 24.9 Å². The van der Waals surface area contributed by atoms with Gasteiger partial charge in [0.1, 0.15) is 0 Å². The van der Waals surface area contributed by atoms with Gasteiger partial charge in [-0.15, -0.1) is 11.3 Å². The van der Waals surface area contributed by atoms with Crippen molar-refractivity contribution < 1.29 is 0 Å². The third kappa shape index (κ3) is 2.09. The molecule has 1 aromatic heterocycles. The second-order valence-corrected chi connectivity index (χ2v) is 6.15. The lowest BCUT2D eigenvalue weighted by atomic mass is 10.1. The summed E-state index contributed by atoms with van der Waals surface area (Å²) in [6.07, 6.45) is 2.55. The average Bonchev–Trinajstić information content (AvgIpc) is 2.97. The molecule has 0 saturated carbocycles. The predicted octanol–water partition coefficient (Wildman–Crippen LogP) is 3.84. The molecule has 0 aliphatic carbocycles. The summed E-state index contributed by atoms with van der Waals surface area (Å²) in [6.45, 7) is 5.56. The fraction of sp³-hybridized carbons (Fsp3) is 0.500. The van der Waals surface area contributed by atoms with Crippen molar-refractivity contribution in [1.29, 1.82) is 0 Å². The van der Waals surface area contributed by atoms with Crippen LogP contribution < -0.4 is 5.32 Å². The van der Waals surface area contributed by atoms with Crippen molar-refractivity contribution in [3.05, 3.63) is 28.8 Å². The van der Waals surface area contributed by atoms with Gasteiger partial charge in [0.05, 0.1) is 15.2 Å². The summed E-state index contributed by atoms with van der Waals surface area (Å²) in [4.78, 5) is 4.74. The fourth-order valence-electron chi connectivity index (χ4n) is 2.40. The highest BCUT2D eigenvalue weighted by molar-refractivity contribution is 7.18. The predicted molar refractivity (Wildman–Crippen MR) is 73.7 cm³/mol. The molecule has 0 amide bonds. The lowest BCUT2D eigenvalue weighted by molar-refractivity contribution is 0.648. The van der Waals surface area contributed by atoms with Gasteiger partial charge >= 0.3 is 0 Å². The van der Waals surface area contributed by atoms with Crippen LogP contribution in [0.5, 0.6) is 0 Å². The van der Waals surface area contributed by atoms with E-state index in [1.54, 1.807) is 0 Å². The molecule has 1 saturated heterocycles.